The normalized spacial score (nSPS) is 11.0. The van der Waals surface area contributed by atoms with Crippen LogP contribution in [0.2, 0.25) is 0 Å². The lowest BCUT2D eigenvalue weighted by Crippen LogP contribution is -2.21. The maximum atomic E-state index is 12.6. The van der Waals surface area contributed by atoms with Crippen LogP contribution in [-0.2, 0) is 6.54 Å². The Kier molecular flexibility index (Phi) is 3.64. The third-order valence-electron chi connectivity index (χ3n) is 3.63. The molecule has 1 heterocycles. The van der Waals surface area contributed by atoms with Crippen LogP contribution in [0.3, 0.4) is 0 Å². The summed E-state index contributed by atoms with van der Waals surface area (Å²) in [5.74, 6) is 0. The Hall–Kier alpha value is -1.94. The zero-order valence-electron chi connectivity index (χ0n) is 11.9. The van der Waals surface area contributed by atoms with Gasteiger partial charge in [-0.2, -0.15) is 0 Å². The molecule has 0 radical (unpaired) electrons. The second-order valence-electron chi connectivity index (χ2n) is 5.27. The highest BCUT2D eigenvalue weighted by atomic mass is 79.9. The highest BCUT2D eigenvalue weighted by molar-refractivity contribution is 9.10. The summed E-state index contributed by atoms with van der Waals surface area (Å²) < 4.78 is 2.55. The summed E-state index contributed by atoms with van der Waals surface area (Å²) in [6.07, 6.45) is 1.63. The molecule has 0 N–H and O–H groups in total. The van der Waals surface area contributed by atoms with Crippen molar-refractivity contribution in [2.24, 2.45) is 0 Å². The van der Waals surface area contributed by atoms with Gasteiger partial charge in [0.15, 0.2) is 0 Å². The topological polar surface area (TPSA) is 34.9 Å². The molecule has 0 aliphatic heterocycles. The molecule has 106 valence electrons. The number of fused-ring (bicyclic) bond motifs is 1. The number of rotatable bonds is 2. The summed E-state index contributed by atoms with van der Waals surface area (Å²) in [5, 5.41) is 0.636. The lowest BCUT2D eigenvalue weighted by Gasteiger charge is -2.10. The molecule has 0 amide bonds. The van der Waals surface area contributed by atoms with Crippen molar-refractivity contribution in [2.75, 3.05) is 0 Å². The number of aromatic nitrogens is 2. The van der Waals surface area contributed by atoms with Crippen molar-refractivity contribution in [1.82, 2.24) is 9.55 Å². The minimum absolute atomic E-state index is 0.0118. The number of nitrogens with zero attached hydrogens (tertiary/aromatic N) is 2. The van der Waals surface area contributed by atoms with Crippen molar-refractivity contribution in [3.05, 3.63) is 74.2 Å². The van der Waals surface area contributed by atoms with Gasteiger partial charge in [-0.05, 0) is 43.2 Å². The maximum Gasteiger partial charge on any atom is 0.261 e. The van der Waals surface area contributed by atoms with E-state index in [1.54, 1.807) is 10.9 Å². The number of hydrogen-bond acceptors (Lipinski definition) is 2. The van der Waals surface area contributed by atoms with E-state index in [1.165, 1.54) is 11.1 Å². The van der Waals surface area contributed by atoms with Crippen LogP contribution in [-0.4, -0.2) is 9.55 Å². The Labute approximate surface area is 131 Å². The third-order valence-corrected chi connectivity index (χ3v) is 4.12. The van der Waals surface area contributed by atoms with E-state index < -0.39 is 0 Å². The molecule has 21 heavy (non-hydrogen) atoms. The molecule has 0 bridgehead atoms. The Morgan fingerprint density at radius 1 is 1.14 bits per heavy atom. The van der Waals surface area contributed by atoms with Crippen molar-refractivity contribution in [3.63, 3.8) is 0 Å². The van der Waals surface area contributed by atoms with Crippen LogP contribution in [0.5, 0.6) is 0 Å². The van der Waals surface area contributed by atoms with E-state index in [2.05, 4.69) is 53.0 Å². The minimum Gasteiger partial charge on any atom is -0.294 e. The summed E-state index contributed by atoms with van der Waals surface area (Å²) in [5.41, 5.74) is 4.23. The summed E-state index contributed by atoms with van der Waals surface area (Å²) in [7, 11) is 0. The first-order valence-electron chi connectivity index (χ1n) is 6.75. The zero-order valence-corrected chi connectivity index (χ0v) is 13.5. The molecule has 0 fully saturated rings. The zero-order chi connectivity index (χ0) is 15.0. The van der Waals surface area contributed by atoms with E-state index in [1.807, 2.05) is 18.2 Å². The van der Waals surface area contributed by atoms with Crippen LogP contribution in [0, 0.1) is 13.8 Å². The number of benzene rings is 2. The minimum atomic E-state index is -0.0118. The van der Waals surface area contributed by atoms with Crippen molar-refractivity contribution < 1.29 is 0 Å². The summed E-state index contributed by atoms with van der Waals surface area (Å²) in [6, 6.07) is 11.8. The molecule has 0 spiro atoms. The van der Waals surface area contributed by atoms with Gasteiger partial charge in [0, 0.05) is 4.47 Å². The van der Waals surface area contributed by atoms with E-state index >= 15 is 0 Å². The monoisotopic (exact) mass is 342 g/mol. The average molecular weight is 343 g/mol. The van der Waals surface area contributed by atoms with E-state index in [9.17, 15) is 4.79 Å². The van der Waals surface area contributed by atoms with Crippen LogP contribution in [0.25, 0.3) is 10.9 Å². The average Bonchev–Trinajstić information content (AvgIpc) is 2.46. The van der Waals surface area contributed by atoms with Crippen LogP contribution in [0.4, 0.5) is 0 Å². The van der Waals surface area contributed by atoms with Crippen molar-refractivity contribution >= 4 is 26.8 Å². The van der Waals surface area contributed by atoms with Gasteiger partial charge in [0.05, 0.1) is 23.8 Å². The Bertz CT molecular complexity index is 884. The fourth-order valence-electron chi connectivity index (χ4n) is 2.40. The van der Waals surface area contributed by atoms with Gasteiger partial charge < -0.3 is 0 Å². The Morgan fingerprint density at radius 2 is 1.95 bits per heavy atom. The van der Waals surface area contributed by atoms with Gasteiger partial charge in [0.1, 0.15) is 0 Å². The highest BCUT2D eigenvalue weighted by Gasteiger charge is 2.07. The fourth-order valence-corrected chi connectivity index (χ4v) is 2.76. The van der Waals surface area contributed by atoms with Crippen molar-refractivity contribution in [1.29, 1.82) is 0 Å². The lowest BCUT2D eigenvalue weighted by molar-refractivity contribution is 0.744. The van der Waals surface area contributed by atoms with Gasteiger partial charge >= 0.3 is 0 Å². The number of halogens is 1. The van der Waals surface area contributed by atoms with E-state index in [-0.39, 0.29) is 5.56 Å². The molecule has 3 aromatic rings. The first-order valence-corrected chi connectivity index (χ1v) is 7.55. The molecular formula is C17H15BrN2O. The second-order valence-corrected chi connectivity index (χ2v) is 6.18. The summed E-state index contributed by atoms with van der Waals surface area (Å²) in [6.45, 7) is 4.66. The molecule has 0 aliphatic carbocycles. The van der Waals surface area contributed by atoms with Crippen LogP contribution < -0.4 is 5.56 Å². The Morgan fingerprint density at radius 3 is 2.76 bits per heavy atom. The Balaban J connectivity index is 2.11. The summed E-state index contributed by atoms with van der Waals surface area (Å²) in [4.78, 5) is 17.0. The molecule has 0 aliphatic rings. The molecule has 0 saturated carbocycles. The first-order chi connectivity index (χ1) is 10.0. The molecule has 0 unspecified atom stereocenters. The quantitative estimate of drug-likeness (QED) is 0.709. The standard InChI is InChI=1S/C17H15BrN2O/c1-11-3-4-12(2)13(7-11)9-20-10-19-16-6-5-14(18)8-15(16)17(20)21/h3-8,10H,9H2,1-2H3. The number of aryl methyl sites for hydroxylation is 2. The smallest absolute Gasteiger partial charge is 0.261 e. The SMILES string of the molecule is Cc1ccc(C)c(Cn2cnc3ccc(Br)cc3c2=O)c1. The van der Waals surface area contributed by atoms with Crippen LogP contribution in [0.15, 0.2) is 52.0 Å². The predicted molar refractivity (Wildman–Crippen MR) is 88.7 cm³/mol. The molecule has 4 heteroatoms. The molecule has 1 aromatic heterocycles. The first kappa shape index (κ1) is 14.0. The van der Waals surface area contributed by atoms with E-state index in [4.69, 9.17) is 0 Å². The highest BCUT2D eigenvalue weighted by Crippen LogP contribution is 2.16. The van der Waals surface area contributed by atoms with E-state index in [0.29, 0.717) is 11.9 Å². The molecule has 3 nitrogen and oxygen atoms in total. The van der Waals surface area contributed by atoms with Gasteiger partial charge in [-0.15, -0.1) is 0 Å². The lowest BCUT2D eigenvalue weighted by atomic mass is 10.1. The van der Waals surface area contributed by atoms with Crippen LogP contribution >= 0.6 is 15.9 Å². The van der Waals surface area contributed by atoms with E-state index in [0.717, 1.165) is 15.6 Å². The fraction of sp³-hybridized carbons (Fsp3) is 0.176. The molecule has 0 atom stereocenters. The van der Waals surface area contributed by atoms with Gasteiger partial charge in [0.25, 0.3) is 5.56 Å². The molecule has 3 rings (SSSR count). The van der Waals surface area contributed by atoms with Gasteiger partial charge in [-0.3, -0.25) is 9.36 Å². The molecule has 0 saturated heterocycles. The van der Waals surface area contributed by atoms with Gasteiger partial charge in [-0.25, -0.2) is 4.98 Å². The summed E-state index contributed by atoms with van der Waals surface area (Å²) >= 11 is 3.40. The maximum absolute atomic E-state index is 12.6. The van der Waals surface area contributed by atoms with Crippen LogP contribution in [0.1, 0.15) is 16.7 Å². The second kappa shape index (κ2) is 5.45. The van der Waals surface area contributed by atoms with Gasteiger partial charge in [0.2, 0.25) is 0 Å². The predicted octanol–water partition coefficient (Wildman–Crippen LogP) is 3.82. The molecular weight excluding hydrogens is 328 g/mol. The third kappa shape index (κ3) is 2.76. The largest absolute Gasteiger partial charge is 0.294 e. The van der Waals surface area contributed by atoms with Crippen molar-refractivity contribution in [3.8, 4) is 0 Å². The van der Waals surface area contributed by atoms with Gasteiger partial charge in [-0.1, -0.05) is 39.7 Å². The number of hydrogen-bond donors (Lipinski definition) is 0. The van der Waals surface area contributed by atoms with Crippen molar-refractivity contribution in [2.45, 2.75) is 20.4 Å². The molecule has 2 aromatic carbocycles.